The predicted molar refractivity (Wildman–Crippen MR) is 64.6 cm³/mol. The first-order valence-electron chi connectivity index (χ1n) is 5.84. The number of hydrogen-bond donors (Lipinski definition) is 2. The van der Waals surface area contributed by atoms with Crippen molar-refractivity contribution in [3.63, 3.8) is 0 Å². The number of benzene rings is 1. The van der Waals surface area contributed by atoms with Gasteiger partial charge in [-0.15, -0.1) is 0 Å². The van der Waals surface area contributed by atoms with E-state index in [1.54, 1.807) is 29.6 Å². The Morgan fingerprint density at radius 3 is 2.11 bits per heavy atom. The molecule has 2 N–H and O–H groups in total. The monoisotopic (exact) mass is 275 g/mol. The van der Waals surface area contributed by atoms with Gasteiger partial charge in [0.15, 0.2) is 0 Å². The van der Waals surface area contributed by atoms with Crippen LogP contribution >= 0.6 is 0 Å². The molecule has 0 saturated heterocycles. The fourth-order valence-corrected chi connectivity index (χ4v) is 1.51. The molecule has 19 heavy (non-hydrogen) atoms. The van der Waals surface area contributed by atoms with Crippen molar-refractivity contribution in [2.75, 3.05) is 6.54 Å². The van der Waals surface area contributed by atoms with Gasteiger partial charge < -0.3 is 10.4 Å². The third kappa shape index (κ3) is 4.55. The van der Waals surface area contributed by atoms with Crippen LogP contribution in [0.3, 0.4) is 0 Å². The smallest absolute Gasteiger partial charge is 0.387 e. The quantitative estimate of drug-likeness (QED) is 0.887. The summed E-state index contributed by atoms with van der Waals surface area (Å²) in [5.74, 6) is -1.72. The van der Waals surface area contributed by atoms with Crippen molar-refractivity contribution in [1.29, 1.82) is 0 Å². The summed E-state index contributed by atoms with van der Waals surface area (Å²) < 4.78 is 35.9. The summed E-state index contributed by atoms with van der Waals surface area (Å²) in [5.41, 5.74) is 1.53. The Labute approximate surface area is 109 Å². The van der Waals surface area contributed by atoms with E-state index in [0.29, 0.717) is 11.5 Å². The topological polar surface area (TPSA) is 49.3 Å². The van der Waals surface area contributed by atoms with Crippen molar-refractivity contribution < 1.29 is 23.1 Å². The first-order valence-corrected chi connectivity index (χ1v) is 5.84. The van der Waals surface area contributed by atoms with Crippen LogP contribution in [-0.4, -0.2) is 23.7 Å². The minimum atomic E-state index is -4.93. The molecule has 0 heterocycles. The zero-order valence-corrected chi connectivity index (χ0v) is 10.7. The second kappa shape index (κ2) is 6.06. The van der Waals surface area contributed by atoms with Crippen LogP contribution in [0.4, 0.5) is 13.2 Å². The highest BCUT2D eigenvalue weighted by Crippen LogP contribution is 2.19. The molecule has 1 aromatic carbocycles. The van der Waals surface area contributed by atoms with E-state index in [-0.39, 0.29) is 0 Å². The van der Waals surface area contributed by atoms with Crippen molar-refractivity contribution in [1.82, 2.24) is 5.32 Å². The lowest BCUT2D eigenvalue weighted by Crippen LogP contribution is -2.38. The molecule has 1 atom stereocenters. The van der Waals surface area contributed by atoms with Crippen molar-refractivity contribution in [3.8, 4) is 0 Å². The molecule has 106 valence electrons. The van der Waals surface area contributed by atoms with Gasteiger partial charge in [0.2, 0.25) is 0 Å². The molecule has 3 nitrogen and oxygen atoms in total. The number of aliphatic hydroxyl groups is 1. The number of carbonyl (C=O) groups is 1. The van der Waals surface area contributed by atoms with Gasteiger partial charge in [-0.2, -0.15) is 13.2 Å². The van der Waals surface area contributed by atoms with E-state index in [2.05, 4.69) is 0 Å². The lowest BCUT2D eigenvalue weighted by atomic mass is 10.00. The van der Waals surface area contributed by atoms with Gasteiger partial charge in [0.05, 0.1) is 6.10 Å². The molecule has 0 saturated carbocycles. The molecule has 0 spiro atoms. The first kappa shape index (κ1) is 15.5. The fraction of sp³-hybridized carbons (Fsp3) is 0.462. The van der Waals surface area contributed by atoms with Crippen LogP contribution in [0.15, 0.2) is 24.3 Å². The summed E-state index contributed by atoms with van der Waals surface area (Å²) in [6.07, 6.45) is -6.09. The van der Waals surface area contributed by atoms with Gasteiger partial charge in [0.25, 0.3) is 0 Å². The van der Waals surface area contributed by atoms with Crippen molar-refractivity contribution in [2.24, 2.45) is 0 Å². The normalized spacial score (nSPS) is 13.4. The minimum absolute atomic E-state index is 0.330. The van der Waals surface area contributed by atoms with Gasteiger partial charge in [-0.1, -0.05) is 38.1 Å². The largest absolute Gasteiger partial charge is 0.471 e. The Morgan fingerprint density at radius 1 is 1.21 bits per heavy atom. The van der Waals surface area contributed by atoms with Crippen LogP contribution < -0.4 is 5.32 Å². The van der Waals surface area contributed by atoms with Gasteiger partial charge in [-0.3, -0.25) is 4.79 Å². The molecular formula is C13H16F3NO2. The molecule has 0 aliphatic carbocycles. The fourth-order valence-electron chi connectivity index (χ4n) is 1.51. The molecule has 1 unspecified atom stereocenters. The Kier molecular flexibility index (Phi) is 4.94. The maximum Gasteiger partial charge on any atom is 0.471 e. The van der Waals surface area contributed by atoms with Crippen LogP contribution in [0.1, 0.15) is 37.0 Å². The van der Waals surface area contributed by atoms with Gasteiger partial charge in [-0.05, 0) is 17.0 Å². The molecule has 0 aromatic heterocycles. The zero-order valence-electron chi connectivity index (χ0n) is 10.7. The molecule has 1 aromatic rings. The van der Waals surface area contributed by atoms with E-state index in [1.165, 1.54) is 0 Å². The highest BCUT2D eigenvalue weighted by Gasteiger charge is 2.38. The van der Waals surface area contributed by atoms with E-state index in [4.69, 9.17) is 0 Å². The predicted octanol–water partition coefficient (Wildman–Crippen LogP) is 2.52. The number of aliphatic hydroxyl groups excluding tert-OH is 1. The summed E-state index contributed by atoms with van der Waals surface area (Å²) in [5, 5.41) is 11.3. The molecule has 6 heteroatoms. The average Bonchev–Trinajstić information content (AvgIpc) is 2.34. The Morgan fingerprint density at radius 2 is 1.68 bits per heavy atom. The third-order valence-corrected chi connectivity index (χ3v) is 2.70. The van der Waals surface area contributed by atoms with Crippen molar-refractivity contribution in [2.45, 2.75) is 32.0 Å². The number of hydrogen-bond acceptors (Lipinski definition) is 2. The van der Waals surface area contributed by atoms with Crippen LogP contribution in [0.5, 0.6) is 0 Å². The van der Waals surface area contributed by atoms with Crippen LogP contribution in [0.25, 0.3) is 0 Å². The standard InChI is InChI=1S/C13H16F3NO2/c1-8(2)9-3-5-10(6-4-9)11(18)7-17-12(19)13(14,15)16/h3-6,8,11,18H,7H2,1-2H3,(H,17,19). The summed E-state index contributed by atoms with van der Waals surface area (Å²) in [7, 11) is 0. The number of rotatable bonds is 4. The zero-order chi connectivity index (χ0) is 14.6. The molecule has 0 bridgehead atoms. The Hall–Kier alpha value is -1.56. The van der Waals surface area contributed by atoms with Gasteiger partial charge in [0, 0.05) is 6.54 Å². The van der Waals surface area contributed by atoms with Crippen molar-refractivity contribution in [3.05, 3.63) is 35.4 Å². The number of carbonyl (C=O) groups excluding carboxylic acids is 1. The van der Waals surface area contributed by atoms with Crippen LogP contribution in [0, 0.1) is 0 Å². The lowest BCUT2D eigenvalue weighted by Gasteiger charge is -2.14. The number of nitrogens with one attached hydrogen (secondary N) is 1. The number of halogens is 3. The Balaban J connectivity index is 2.59. The summed E-state index contributed by atoms with van der Waals surface area (Å²) in [4.78, 5) is 10.6. The molecule has 0 aliphatic rings. The average molecular weight is 275 g/mol. The summed E-state index contributed by atoms with van der Waals surface area (Å²) in [6, 6.07) is 6.88. The maximum atomic E-state index is 12.0. The van der Waals surface area contributed by atoms with Gasteiger partial charge in [0.1, 0.15) is 0 Å². The minimum Gasteiger partial charge on any atom is -0.387 e. The number of amides is 1. The molecule has 1 rings (SSSR count). The molecular weight excluding hydrogens is 259 g/mol. The van der Waals surface area contributed by atoms with Crippen LogP contribution in [0.2, 0.25) is 0 Å². The van der Waals surface area contributed by atoms with E-state index >= 15 is 0 Å². The first-order chi connectivity index (χ1) is 8.71. The van der Waals surface area contributed by atoms with Crippen LogP contribution in [-0.2, 0) is 4.79 Å². The second-order valence-electron chi connectivity index (χ2n) is 4.54. The van der Waals surface area contributed by atoms with Gasteiger partial charge >= 0.3 is 12.1 Å². The molecule has 1 amide bonds. The highest BCUT2D eigenvalue weighted by atomic mass is 19.4. The molecule has 0 radical (unpaired) electrons. The van der Waals surface area contributed by atoms with Gasteiger partial charge in [-0.25, -0.2) is 0 Å². The highest BCUT2D eigenvalue weighted by molar-refractivity contribution is 5.81. The van der Waals surface area contributed by atoms with E-state index < -0.39 is 24.7 Å². The lowest BCUT2D eigenvalue weighted by molar-refractivity contribution is -0.174. The molecule has 0 fully saturated rings. The van der Waals surface area contributed by atoms with E-state index in [0.717, 1.165) is 5.56 Å². The summed E-state index contributed by atoms with van der Waals surface area (Å²) >= 11 is 0. The van der Waals surface area contributed by atoms with Crippen molar-refractivity contribution >= 4 is 5.91 Å². The van der Waals surface area contributed by atoms with E-state index in [1.807, 2.05) is 13.8 Å². The van der Waals surface area contributed by atoms with E-state index in [9.17, 15) is 23.1 Å². The molecule has 0 aliphatic heterocycles. The number of alkyl halides is 3. The SMILES string of the molecule is CC(C)c1ccc(C(O)CNC(=O)C(F)(F)F)cc1. The second-order valence-corrected chi connectivity index (χ2v) is 4.54. The maximum absolute atomic E-state index is 12.0. The third-order valence-electron chi connectivity index (χ3n) is 2.70. The summed E-state index contributed by atoms with van der Waals surface area (Å²) in [6.45, 7) is 3.54. The Bertz CT molecular complexity index is 427.